The summed E-state index contributed by atoms with van der Waals surface area (Å²) in [6, 6.07) is 5.20. The first-order valence-corrected chi connectivity index (χ1v) is 14.3. The van der Waals surface area contributed by atoms with E-state index in [4.69, 9.17) is 15.2 Å². The number of hydrogen-bond donors (Lipinski definition) is 2. The quantitative estimate of drug-likeness (QED) is 0.388. The van der Waals surface area contributed by atoms with Gasteiger partial charge in [-0.3, -0.25) is 19.3 Å². The molecule has 0 aliphatic carbocycles. The van der Waals surface area contributed by atoms with Crippen LogP contribution in [0.15, 0.2) is 18.2 Å². The highest BCUT2D eigenvalue weighted by molar-refractivity contribution is 5.84. The molecule has 1 aromatic rings. The van der Waals surface area contributed by atoms with E-state index in [1.54, 1.807) is 0 Å². The van der Waals surface area contributed by atoms with Gasteiger partial charge < -0.3 is 30.1 Å². The van der Waals surface area contributed by atoms with E-state index in [9.17, 15) is 19.5 Å². The number of benzene rings is 1. The number of nitrogens with zero attached hydrogens (tertiary/aromatic N) is 3. The fraction of sp³-hybridized carbons (Fsp3) is 0.690. The number of hydrogen-bond acceptors (Lipinski definition) is 7. The number of carboxylic acid groups (broad SMARTS) is 1. The first kappa shape index (κ1) is 29.1. The van der Waals surface area contributed by atoms with Crippen LogP contribution in [0.25, 0.3) is 0 Å². The maximum atomic E-state index is 13.5. The van der Waals surface area contributed by atoms with Crippen LogP contribution in [0.5, 0.6) is 11.5 Å². The number of rotatable bonds is 13. The van der Waals surface area contributed by atoms with Gasteiger partial charge in [-0.05, 0) is 49.9 Å². The number of carbonyl (C=O) groups is 3. The molecule has 1 aromatic carbocycles. The average molecular weight is 545 g/mol. The largest absolute Gasteiger partial charge is 0.481 e. The predicted molar refractivity (Wildman–Crippen MR) is 147 cm³/mol. The minimum atomic E-state index is -0.892. The van der Waals surface area contributed by atoms with Crippen LogP contribution in [0.1, 0.15) is 64.4 Å². The van der Waals surface area contributed by atoms with Gasteiger partial charge in [0.25, 0.3) is 0 Å². The summed E-state index contributed by atoms with van der Waals surface area (Å²) in [5.41, 5.74) is 6.19. The lowest BCUT2D eigenvalue weighted by atomic mass is 9.84. The van der Waals surface area contributed by atoms with E-state index in [2.05, 4.69) is 6.92 Å². The van der Waals surface area contributed by atoms with Crippen molar-refractivity contribution < 1.29 is 29.0 Å². The second-order valence-electron chi connectivity index (χ2n) is 11.7. The number of ether oxygens (including phenoxy) is 2. The Morgan fingerprint density at radius 2 is 1.92 bits per heavy atom. The molecule has 2 fully saturated rings. The zero-order valence-corrected chi connectivity index (χ0v) is 23.6. The Hall–Kier alpha value is -2.85. The lowest BCUT2D eigenvalue weighted by Gasteiger charge is -2.31. The zero-order valence-electron chi connectivity index (χ0n) is 23.6. The number of nitrogens with two attached hydrogens (primary N) is 1. The van der Waals surface area contributed by atoms with Gasteiger partial charge in [-0.2, -0.15) is 0 Å². The molecule has 10 heteroatoms. The third-order valence-electron chi connectivity index (χ3n) is 8.53. The summed E-state index contributed by atoms with van der Waals surface area (Å²) in [6.45, 7) is 9.65. The number of likely N-dealkylation sites (tertiary alicyclic amines) is 2. The Morgan fingerprint density at radius 1 is 1.18 bits per heavy atom. The topological polar surface area (TPSA) is 126 Å². The van der Waals surface area contributed by atoms with Gasteiger partial charge in [-0.1, -0.05) is 33.3 Å². The molecule has 4 rings (SSSR count). The summed E-state index contributed by atoms with van der Waals surface area (Å²) in [6.07, 6.45) is 3.89. The highest BCUT2D eigenvalue weighted by Crippen LogP contribution is 2.43. The molecule has 2 saturated heterocycles. The van der Waals surface area contributed by atoms with Gasteiger partial charge >= 0.3 is 5.97 Å². The molecule has 0 radical (unpaired) electrons. The van der Waals surface area contributed by atoms with E-state index in [-0.39, 0.29) is 37.1 Å². The molecule has 0 aromatic heterocycles. The molecule has 0 spiro atoms. The normalized spacial score (nSPS) is 23.9. The molecular weight excluding hydrogens is 500 g/mol. The molecular formula is C29H44N4O6. The van der Waals surface area contributed by atoms with Gasteiger partial charge in [0.15, 0.2) is 11.5 Å². The van der Waals surface area contributed by atoms with Crippen LogP contribution in [0.2, 0.25) is 0 Å². The van der Waals surface area contributed by atoms with Crippen LogP contribution in [0.3, 0.4) is 0 Å². The summed E-state index contributed by atoms with van der Waals surface area (Å²) in [7, 11) is 0. The van der Waals surface area contributed by atoms with Crippen molar-refractivity contribution >= 4 is 17.8 Å². The van der Waals surface area contributed by atoms with Gasteiger partial charge in [0, 0.05) is 50.1 Å². The maximum absolute atomic E-state index is 13.5. The average Bonchev–Trinajstić information content (AvgIpc) is 3.58. The summed E-state index contributed by atoms with van der Waals surface area (Å²) in [5.74, 6) is -0.582. The van der Waals surface area contributed by atoms with Crippen molar-refractivity contribution in [3.8, 4) is 11.5 Å². The fourth-order valence-corrected chi connectivity index (χ4v) is 6.15. The molecule has 2 amide bonds. The molecule has 3 aliphatic heterocycles. The Kier molecular flexibility index (Phi) is 9.38. The summed E-state index contributed by atoms with van der Waals surface area (Å²) >= 11 is 0. The molecule has 216 valence electrons. The Morgan fingerprint density at radius 3 is 2.59 bits per heavy atom. The molecule has 3 aliphatic rings. The van der Waals surface area contributed by atoms with Crippen LogP contribution in [0, 0.1) is 11.3 Å². The molecule has 39 heavy (non-hydrogen) atoms. The van der Waals surface area contributed by atoms with Gasteiger partial charge in [0.05, 0.1) is 12.5 Å². The monoisotopic (exact) mass is 544 g/mol. The van der Waals surface area contributed by atoms with Crippen molar-refractivity contribution in [1.82, 2.24) is 14.7 Å². The minimum Gasteiger partial charge on any atom is -0.481 e. The summed E-state index contributed by atoms with van der Waals surface area (Å²) in [4.78, 5) is 44.9. The van der Waals surface area contributed by atoms with E-state index >= 15 is 0 Å². The van der Waals surface area contributed by atoms with Crippen LogP contribution in [-0.4, -0.2) is 96.2 Å². The molecule has 0 bridgehead atoms. The first-order chi connectivity index (χ1) is 18.7. The van der Waals surface area contributed by atoms with E-state index in [1.807, 2.05) is 46.7 Å². The van der Waals surface area contributed by atoms with Crippen molar-refractivity contribution in [2.75, 3.05) is 52.6 Å². The summed E-state index contributed by atoms with van der Waals surface area (Å²) in [5, 5.41) is 10.5. The van der Waals surface area contributed by atoms with E-state index in [0.29, 0.717) is 57.2 Å². The van der Waals surface area contributed by atoms with Crippen LogP contribution >= 0.6 is 0 Å². The molecule has 10 nitrogen and oxygen atoms in total. The first-order valence-electron chi connectivity index (χ1n) is 14.3. The summed E-state index contributed by atoms with van der Waals surface area (Å²) < 4.78 is 11.0. The molecule has 3 heterocycles. The highest BCUT2D eigenvalue weighted by atomic mass is 16.7. The zero-order chi connectivity index (χ0) is 28.2. The standard InChI is InChI=1S/C29H44N4O6/c1-4-5-12-31(13-6-11-30)25(34)18-33-17-21(20-7-8-23-24(16-20)39-19-38-23)26(27(35)36)22(33)9-14-32-15-10-29(2,3)28(32)37/h7-8,16,21-22,26H,4-6,9-15,17-19,30H2,1-3H3,(H,35,36)/t21-,22+,26-/m1/s1. The number of unbranched alkanes of at least 4 members (excludes halogenated alkanes) is 1. The minimum absolute atomic E-state index is 0.00393. The predicted octanol–water partition coefficient (Wildman–Crippen LogP) is 2.51. The SMILES string of the molecule is CCCCN(CCCN)C(=O)CN1C[C@H](c2ccc3c(c2)OCO3)[C@@H](C(=O)O)[C@@H]1CCN1CCC(C)(C)C1=O. The maximum Gasteiger partial charge on any atom is 0.308 e. The molecule has 0 saturated carbocycles. The van der Waals surface area contributed by atoms with E-state index < -0.39 is 17.3 Å². The van der Waals surface area contributed by atoms with Crippen molar-refractivity contribution in [2.24, 2.45) is 17.1 Å². The second kappa shape index (κ2) is 12.6. The van der Waals surface area contributed by atoms with Gasteiger partial charge in [0.1, 0.15) is 0 Å². The third kappa shape index (κ3) is 6.49. The molecule has 3 N–H and O–H groups in total. The van der Waals surface area contributed by atoms with Gasteiger partial charge in [0.2, 0.25) is 18.6 Å². The number of fused-ring (bicyclic) bond motifs is 1. The fourth-order valence-electron chi connectivity index (χ4n) is 6.15. The molecule has 3 atom stereocenters. The lowest BCUT2D eigenvalue weighted by molar-refractivity contribution is -0.144. The van der Waals surface area contributed by atoms with Crippen LogP contribution in [-0.2, 0) is 14.4 Å². The van der Waals surface area contributed by atoms with Crippen molar-refractivity contribution in [3.63, 3.8) is 0 Å². The Bertz CT molecular complexity index is 1040. The molecule has 0 unspecified atom stereocenters. The number of carbonyl (C=O) groups excluding carboxylic acids is 2. The van der Waals surface area contributed by atoms with Crippen molar-refractivity contribution in [3.05, 3.63) is 23.8 Å². The lowest BCUT2D eigenvalue weighted by Crippen LogP contribution is -2.46. The number of aliphatic carboxylic acids is 1. The van der Waals surface area contributed by atoms with Gasteiger partial charge in [-0.25, -0.2) is 0 Å². The van der Waals surface area contributed by atoms with Crippen LogP contribution in [0.4, 0.5) is 0 Å². The number of amides is 2. The number of carboxylic acids is 1. The Labute approximate surface area is 231 Å². The van der Waals surface area contributed by atoms with E-state index in [0.717, 1.165) is 31.2 Å². The third-order valence-corrected chi connectivity index (χ3v) is 8.53. The van der Waals surface area contributed by atoms with E-state index in [1.165, 1.54) is 0 Å². The van der Waals surface area contributed by atoms with Crippen molar-refractivity contribution in [2.45, 2.75) is 64.8 Å². The second-order valence-corrected chi connectivity index (χ2v) is 11.7. The smallest absolute Gasteiger partial charge is 0.308 e. The van der Waals surface area contributed by atoms with Crippen LogP contribution < -0.4 is 15.2 Å². The van der Waals surface area contributed by atoms with Crippen molar-refractivity contribution in [1.29, 1.82) is 0 Å². The Balaban J connectivity index is 1.58. The highest BCUT2D eigenvalue weighted by Gasteiger charge is 2.48. The van der Waals surface area contributed by atoms with Gasteiger partial charge in [-0.15, -0.1) is 0 Å².